The Hall–Kier alpha value is -4.46. The second-order valence-corrected chi connectivity index (χ2v) is 9.05. The molecular weight excluding hydrogens is 500 g/mol. The lowest BCUT2D eigenvalue weighted by atomic mass is 10.00. The Kier molecular flexibility index (Phi) is 10.8. The molecule has 0 fully saturated rings. The van der Waals surface area contributed by atoms with Crippen molar-refractivity contribution < 1.29 is 39.3 Å². The normalized spacial score (nSPS) is 14.1. The third-order valence-electron chi connectivity index (χ3n) is 5.58. The molecule has 9 N–H and O–H groups in total. The minimum absolute atomic E-state index is 0.00735. The van der Waals surface area contributed by atoms with Gasteiger partial charge in [-0.05, 0) is 23.6 Å². The molecule has 0 aliphatic rings. The molecule has 0 saturated heterocycles. The van der Waals surface area contributed by atoms with Crippen LogP contribution in [0.5, 0.6) is 5.75 Å². The highest BCUT2D eigenvalue weighted by molar-refractivity contribution is 5.95. The standard InChI is InChI=1S/C24H32N6O8/c1-12(2)20(23(36)29-18(24(37)38)7-13-3-5-15(31)6-4-13)30-22(35)17(8-14-10-26-11-27-14)28-21(34)16(25)9-19(32)33/h3-6,10-12,16-18,20,31H,7-9,25H2,1-2H3,(H,26,27)(H,28,34)(H,29,36)(H,30,35)(H,32,33)(H,37,38). The zero-order valence-corrected chi connectivity index (χ0v) is 20.9. The summed E-state index contributed by atoms with van der Waals surface area (Å²) in [5.74, 6) is -5.45. The topological polar surface area (TPSA) is 237 Å². The Morgan fingerprint density at radius 2 is 1.55 bits per heavy atom. The van der Waals surface area contributed by atoms with Gasteiger partial charge in [-0.15, -0.1) is 0 Å². The maximum absolute atomic E-state index is 13.2. The summed E-state index contributed by atoms with van der Waals surface area (Å²) in [7, 11) is 0. The van der Waals surface area contributed by atoms with Crippen molar-refractivity contribution in [2.45, 2.75) is 57.3 Å². The van der Waals surface area contributed by atoms with E-state index in [-0.39, 0.29) is 18.6 Å². The Balaban J connectivity index is 2.16. The van der Waals surface area contributed by atoms with Crippen LogP contribution in [0.4, 0.5) is 0 Å². The summed E-state index contributed by atoms with van der Waals surface area (Å²) in [5, 5.41) is 35.3. The lowest BCUT2D eigenvalue weighted by Gasteiger charge is -2.27. The Bertz CT molecular complexity index is 1120. The molecule has 3 amide bonds. The number of aromatic nitrogens is 2. The van der Waals surface area contributed by atoms with Crippen molar-refractivity contribution in [1.29, 1.82) is 0 Å². The molecule has 0 spiro atoms. The van der Waals surface area contributed by atoms with Gasteiger partial charge < -0.3 is 42.0 Å². The first-order valence-electron chi connectivity index (χ1n) is 11.7. The third kappa shape index (κ3) is 9.20. The molecule has 14 nitrogen and oxygen atoms in total. The van der Waals surface area contributed by atoms with Crippen LogP contribution in [-0.4, -0.2) is 79.1 Å². The van der Waals surface area contributed by atoms with Gasteiger partial charge in [0.1, 0.15) is 23.9 Å². The molecule has 14 heteroatoms. The smallest absolute Gasteiger partial charge is 0.326 e. The lowest BCUT2D eigenvalue weighted by molar-refractivity contribution is -0.142. The number of carbonyl (C=O) groups excluding carboxylic acids is 3. The van der Waals surface area contributed by atoms with E-state index in [1.165, 1.54) is 36.8 Å². The quantitative estimate of drug-likeness (QED) is 0.146. The lowest BCUT2D eigenvalue weighted by Crippen LogP contribution is -2.59. The molecule has 0 aliphatic heterocycles. The van der Waals surface area contributed by atoms with E-state index >= 15 is 0 Å². The number of aliphatic carboxylic acids is 2. The number of hydrogen-bond donors (Lipinski definition) is 8. The van der Waals surface area contributed by atoms with Gasteiger partial charge in [0.05, 0.1) is 18.8 Å². The predicted octanol–water partition coefficient (Wildman–Crippen LogP) is -1.10. The Morgan fingerprint density at radius 3 is 2.08 bits per heavy atom. The number of aromatic amines is 1. The molecule has 0 radical (unpaired) electrons. The maximum Gasteiger partial charge on any atom is 0.326 e. The highest BCUT2D eigenvalue weighted by Crippen LogP contribution is 2.12. The number of phenolic OH excluding ortho intramolecular Hbond substituents is 1. The van der Waals surface area contributed by atoms with E-state index in [9.17, 15) is 34.2 Å². The van der Waals surface area contributed by atoms with Gasteiger partial charge in [0.2, 0.25) is 17.7 Å². The van der Waals surface area contributed by atoms with Crippen molar-refractivity contribution in [1.82, 2.24) is 25.9 Å². The zero-order chi connectivity index (χ0) is 28.4. The first kappa shape index (κ1) is 29.8. The molecule has 1 aromatic heterocycles. The van der Waals surface area contributed by atoms with E-state index in [2.05, 4.69) is 25.9 Å². The first-order chi connectivity index (χ1) is 17.9. The fourth-order valence-corrected chi connectivity index (χ4v) is 3.50. The molecule has 206 valence electrons. The number of rotatable bonds is 14. The van der Waals surface area contributed by atoms with Crippen molar-refractivity contribution in [3.8, 4) is 5.75 Å². The number of nitrogens with zero attached hydrogens (tertiary/aromatic N) is 1. The summed E-state index contributed by atoms with van der Waals surface area (Å²) in [6.07, 6.45) is 2.01. The van der Waals surface area contributed by atoms with Crippen LogP contribution >= 0.6 is 0 Å². The summed E-state index contributed by atoms with van der Waals surface area (Å²) in [5.41, 5.74) is 6.64. The van der Waals surface area contributed by atoms with Crippen LogP contribution < -0.4 is 21.7 Å². The molecular formula is C24H32N6O8. The van der Waals surface area contributed by atoms with E-state index in [0.717, 1.165) is 0 Å². The second kappa shape index (κ2) is 13.7. The fraction of sp³-hybridized carbons (Fsp3) is 0.417. The average molecular weight is 533 g/mol. The first-order valence-corrected chi connectivity index (χ1v) is 11.7. The van der Waals surface area contributed by atoms with Crippen LogP contribution in [0.1, 0.15) is 31.5 Å². The SMILES string of the molecule is CC(C)C(NC(=O)C(Cc1cnc[nH]1)NC(=O)C(N)CC(=O)O)C(=O)NC(Cc1ccc(O)cc1)C(=O)O. The molecule has 4 unspecified atom stereocenters. The summed E-state index contributed by atoms with van der Waals surface area (Å²) >= 11 is 0. The summed E-state index contributed by atoms with van der Waals surface area (Å²) in [6.45, 7) is 3.29. The molecule has 2 rings (SSSR count). The number of carboxylic acid groups (broad SMARTS) is 2. The summed E-state index contributed by atoms with van der Waals surface area (Å²) < 4.78 is 0. The van der Waals surface area contributed by atoms with Crippen molar-refractivity contribution in [2.24, 2.45) is 11.7 Å². The highest BCUT2D eigenvalue weighted by atomic mass is 16.4. The number of carboxylic acids is 2. The fourth-order valence-electron chi connectivity index (χ4n) is 3.50. The van der Waals surface area contributed by atoms with E-state index < -0.39 is 66.2 Å². The summed E-state index contributed by atoms with van der Waals surface area (Å²) in [6, 6.07) is 0.688. The van der Waals surface area contributed by atoms with E-state index in [0.29, 0.717) is 11.3 Å². The highest BCUT2D eigenvalue weighted by Gasteiger charge is 2.32. The Morgan fingerprint density at radius 1 is 0.921 bits per heavy atom. The molecule has 4 atom stereocenters. The van der Waals surface area contributed by atoms with Gasteiger partial charge in [0.15, 0.2) is 0 Å². The second-order valence-electron chi connectivity index (χ2n) is 9.05. The van der Waals surface area contributed by atoms with Gasteiger partial charge in [-0.3, -0.25) is 19.2 Å². The number of carbonyl (C=O) groups is 5. The largest absolute Gasteiger partial charge is 0.508 e. The van der Waals surface area contributed by atoms with E-state index in [4.69, 9.17) is 10.8 Å². The van der Waals surface area contributed by atoms with Gasteiger partial charge in [-0.1, -0.05) is 26.0 Å². The Labute approximate surface area is 218 Å². The molecule has 0 saturated carbocycles. The van der Waals surface area contributed by atoms with Crippen LogP contribution in [0.25, 0.3) is 0 Å². The van der Waals surface area contributed by atoms with Crippen LogP contribution in [0.2, 0.25) is 0 Å². The number of H-pyrrole nitrogens is 1. The van der Waals surface area contributed by atoms with Crippen LogP contribution in [-0.2, 0) is 36.8 Å². The molecule has 38 heavy (non-hydrogen) atoms. The van der Waals surface area contributed by atoms with E-state index in [1.54, 1.807) is 13.8 Å². The van der Waals surface area contributed by atoms with Gasteiger partial charge in [-0.25, -0.2) is 9.78 Å². The van der Waals surface area contributed by atoms with Crippen LogP contribution in [0, 0.1) is 5.92 Å². The van der Waals surface area contributed by atoms with Gasteiger partial charge >= 0.3 is 11.9 Å². The molecule has 1 heterocycles. The van der Waals surface area contributed by atoms with Crippen molar-refractivity contribution in [3.05, 3.63) is 48.0 Å². The maximum atomic E-state index is 13.2. The number of imidazole rings is 1. The van der Waals surface area contributed by atoms with Crippen molar-refractivity contribution in [3.63, 3.8) is 0 Å². The number of nitrogens with one attached hydrogen (secondary N) is 4. The number of aromatic hydroxyl groups is 1. The number of amides is 3. The average Bonchev–Trinajstić information content (AvgIpc) is 3.35. The monoisotopic (exact) mass is 532 g/mol. The van der Waals surface area contributed by atoms with Crippen molar-refractivity contribution >= 4 is 29.7 Å². The third-order valence-corrected chi connectivity index (χ3v) is 5.58. The minimum Gasteiger partial charge on any atom is -0.508 e. The molecule has 1 aromatic carbocycles. The van der Waals surface area contributed by atoms with Gasteiger partial charge in [-0.2, -0.15) is 0 Å². The van der Waals surface area contributed by atoms with E-state index in [1.807, 2.05) is 0 Å². The van der Waals surface area contributed by atoms with Crippen molar-refractivity contribution in [2.75, 3.05) is 0 Å². The number of benzene rings is 1. The van der Waals surface area contributed by atoms with Crippen LogP contribution in [0.15, 0.2) is 36.8 Å². The summed E-state index contributed by atoms with van der Waals surface area (Å²) in [4.78, 5) is 68.0. The minimum atomic E-state index is -1.41. The van der Waals surface area contributed by atoms with Gasteiger partial charge in [0, 0.05) is 24.7 Å². The molecule has 0 aliphatic carbocycles. The molecule has 0 bridgehead atoms. The van der Waals surface area contributed by atoms with Gasteiger partial charge in [0.25, 0.3) is 0 Å². The number of hydrogen-bond acceptors (Lipinski definition) is 8. The number of nitrogens with two attached hydrogens (primary N) is 1. The molecule has 2 aromatic rings. The number of phenols is 1. The zero-order valence-electron chi connectivity index (χ0n) is 20.9. The predicted molar refractivity (Wildman–Crippen MR) is 133 cm³/mol. The van der Waals surface area contributed by atoms with Crippen LogP contribution in [0.3, 0.4) is 0 Å².